The van der Waals surface area contributed by atoms with E-state index in [1.54, 1.807) is 0 Å². The van der Waals surface area contributed by atoms with Gasteiger partial charge in [0.05, 0.1) is 0 Å². The summed E-state index contributed by atoms with van der Waals surface area (Å²) >= 11 is 0. The Morgan fingerprint density at radius 3 is 2.48 bits per heavy atom. The molecular formula is C16H22N2O5. The quantitative estimate of drug-likeness (QED) is 0.600. The number of hydrogen-bond donors (Lipinski definition) is 3. The number of carboxylic acids is 1. The van der Waals surface area contributed by atoms with Crippen LogP contribution in [0.4, 0.5) is 4.79 Å². The van der Waals surface area contributed by atoms with Crippen molar-refractivity contribution >= 4 is 18.0 Å². The Morgan fingerprint density at radius 1 is 1.17 bits per heavy atom. The van der Waals surface area contributed by atoms with Gasteiger partial charge in [-0.2, -0.15) is 0 Å². The molecule has 0 aliphatic carbocycles. The van der Waals surface area contributed by atoms with Gasteiger partial charge in [0, 0.05) is 13.5 Å². The molecule has 23 heavy (non-hydrogen) atoms. The lowest BCUT2D eigenvalue weighted by atomic mass is 10.1. The lowest BCUT2D eigenvalue weighted by Crippen LogP contribution is -2.39. The van der Waals surface area contributed by atoms with Crippen LogP contribution in [-0.4, -0.2) is 35.7 Å². The highest BCUT2D eigenvalue weighted by Crippen LogP contribution is 2.02. The zero-order valence-corrected chi connectivity index (χ0v) is 13.1. The van der Waals surface area contributed by atoms with E-state index in [4.69, 9.17) is 9.84 Å². The molecule has 0 aromatic heterocycles. The first kappa shape index (κ1) is 18.5. The van der Waals surface area contributed by atoms with Crippen molar-refractivity contribution in [1.29, 1.82) is 0 Å². The molecule has 0 aliphatic heterocycles. The number of amides is 2. The van der Waals surface area contributed by atoms with Gasteiger partial charge in [0.15, 0.2) is 0 Å². The first-order valence-electron chi connectivity index (χ1n) is 7.43. The Labute approximate surface area is 135 Å². The minimum atomic E-state index is -1.06. The molecule has 1 atom stereocenters. The summed E-state index contributed by atoms with van der Waals surface area (Å²) in [6, 6.07) is 8.45. The number of unbranched alkanes of at least 4 members (excludes halogenated alkanes) is 1. The summed E-state index contributed by atoms with van der Waals surface area (Å²) in [5, 5.41) is 13.9. The Morgan fingerprint density at radius 2 is 1.87 bits per heavy atom. The predicted molar refractivity (Wildman–Crippen MR) is 83.7 cm³/mol. The molecule has 7 nitrogen and oxygen atoms in total. The molecule has 0 fully saturated rings. The van der Waals surface area contributed by atoms with Crippen molar-refractivity contribution < 1.29 is 24.2 Å². The van der Waals surface area contributed by atoms with Crippen LogP contribution in [0.1, 0.15) is 31.7 Å². The number of benzene rings is 1. The average Bonchev–Trinajstić information content (AvgIpc) is 2.52. The van der Waals surface area contributed by atoms with Gasteiger partial charge in [0.1, 0.15) is 12.6 Å². The van der Waals surface area contributed by atoms with Crippen LogP contribution in [0, 0.1) is 0 Å². The van der Waals surface area contributed by atoms with Gasteiger partial charge in [-0.1, -0.05) is 30.3 Å². The number of alkyl carbamates (subject to hydrolysis) is 1. The molecule has 7 heteroatoms. The minimum absolute atomic E-state index is 0.205. The molecule has 0 spiro atoms. The SMILES string of the molecule is CC(=O)N[C@H](CCCCNC(=O)OCc1ccccc1)C(=O)O. The number of ether oxygens (including phenoxy) is 1. The summed E-state index contributed by atoms with van der Waals surface area (Å²) in [6.07, 6.45) is 0.973. The van der Waals surface area contributed by atoms with Crippen LogP contribution in [0.15, 0.2) is 30.3 Å². The van der Waals surface area contributed by atoms with Crippen LogP contribution in [0.25, 0.3) is 0 Å². The molecule has 0 radical (unpaired) electrons. The van der Waals surface area contributed by atoms with Gasteiger partial charge in [0.2, 0.25) is 5.91 Å². The number of nitrogens with one attached hydrogen (secondary N) is 2. The molecule has 2 amide bonds. The van der Waals surface area contributed by atoms with Crippen LogP contribution in [0.5, 0.6) is 0 Å². The second kappa shape index (κ2) is 10.2. The number of hydrogen-bond acceptors (Lipinski definition) is 4. The Hall–Kier alpha value is -2.57. The smallest absolute Gasteiger partial charge is 0.407 e. The van der Waals surface area contributed by atoms with Gasteiger partial charge in [-0.05, 0) is 24.8 Å². The van der Waals surface area contributed by atoms with Crippen LogP contribution >= 0.6 is 0 Å². The molecule has 0 bridgehead atoms. The number of carbonyl (C=O) groups is 3. The summed E-state index contributed by atoms with van der Waals surface area (Å²) in [5.74, 6) is -1.43. The van der Waals surface area contributed by atoms with E-state index in [1.807, 2.05) is 30.3 Å². The molecule has 0 saturated carbocycles. The zero-order valence-electron chi connectivity index (χ0n) is 13.1. The third kappa shape index (κ3) is 8.45. The highest BCUT2D eigenvalue weighted by molar-refractivity contribution is 5.81. The van der Waals surface area contributed by atoms with Crippen LogP contribution in [0.3, 0.4) is 0 Å². The Bertz CT molecular complexity index is 518. The van der Waals surface area contributed by atoms with Gasteiger partial charge in [-0.15, -0.1) is 0 Å². The average molecular weight is 322 g/mol. The lowest BCUT2D eigenvalue weighted by molar-refractivity contribution is -0.141. The Kier molecular flexibility index (Phi) is 8.20. The number of carbonyl (C=O) groups excluding carboxylic acids is 2. The van der Waals surface area contributed by atoms with Gasteiger partial charge >= 0.3 is 12.1 Å². The molecule has 0 aliphatic rings. The van der Waals surface area contributed by atoms with E-state index in [1.165, 1.54) is 6.92 Å². The van der Waals surface area contributed by atoms with Crippen molar-refractivity contribution in [1.82, 2.24) is 10.6 Å². The highest BCUT2D eigenvalue weighted by atomic mass is 16.5. The van der Waals surface area contributed by atoms with Crippen LogP contribution in [0.2, 0.25) is 0 Å². The third-order valence-corrected chi connectivity index (χ3v) is 3.08. The van der Waals surface area contributed by atoms with Gasteiger partial charge in [-0.3, -0.25) is 4.79 Å². The monoisotopic (exact) mass is 322 g/mol. The lowest BCUT2D eigenvalue weighted by Gasteiger charge is -2.13. The van der Waals surface area contributed by atoms with E-state index in [9.17, 15) is 14.4 Å². The van der Waals surface area contributed by atoms with Crippen molar-refractivity contribution in [3.8, 4) is 0 Å². The molecule has 1 aromatic rings. The third-order valence-electron chi connectivity index (χ3n) is 3.08. The van der Waals surface area contributed by atoms with E-state index in [-0.39, 0.29) is 12.5 Å². The summed E-state index contributed by atoms with van der Waals surface area (Å²) < 4.78 is 5.05. The molecule has 0 saturated heterocycles. The standard InChI is InChI=1S/C16H22N2O5/c1-12(19)18-14(15(20)21)9-5-6-10-17-16(22)23-11-13-7-3-2-4-8-13/h2-4,7-8,14H,5-6,9-11H2,1H3,(H,17,22)(H,18,19)(H,20,21)/t14-/m1/s1. The topological polar surface area (TPSA) is 105 Å². The number of rotatable bonds is 9. The van der Waals surface area contributed by atoms with E-state index in [0.717, 1.165) is 5.56 Å². The second-order valence-electron chi connectivity index (χ2n) is 5.08. The van der Waals surface area contributed by atoms with Crippen molar-refractivity contribution in [2.45, 2.75) is 38.8 Å². The second-order valence-corrected chi connectivity index (χ2v) is 5.08. The summed E-state index contributed by atoms with van der Waals surface area (Å²) in [6.45, 7) is 1.87. The zero-order chi connectivity index (χ0) is 17.1. The van der Waals surface area contributed by atoms with Gasteiger partial charge in [0.25, 0.3) is 0 Å². The first-order valence-corrected chi connectivity index (χ1v) is 7.43. The van der Waals surface area contributed by atoms with Crippen LogP contribution in [-0.2, 0) is 20.9 Å². The molecular weight excluding hydrogens is 300 g/mol. The summed E-state index contributed by atoms with van der Waals surface area (Å²) in [4.78, 5) is 33.3. The molecule has 126 valence electrons. The van der Waals surface area contributed by atoms with Crippen LogP contribution < -0.4 is 10.6 Å². The van der Waals surface area contributed by atoms with E-state index >= 15 is 0 Å². The fraction of sp³-hybridized carbons (Fsp3) is 0.438. The summed E-state index contributed by atoms with van der Waals surface area (Å²) in [7, 11) is 0. The first-order chi connectivity index (χ1) is 11.0. The minimum Gasteiger partial charge on any atom is -0.480 e. The van der Waals surface area contributed by atoms with Gasteiger partial charge in [-0.25, -0.2) is 9.59 Å². The predicted octanol–water partition coefficient (Wildman–Crippen LogP) is 1.67. The van der Waals surface area contributed by atoms with Gasteiger partial charge < -0.3 is 20.5 Å². The van der Waals surface area contributed by atoms with E-state index in [0.29, 0.717) is 25.8 Å². The molecule has 0 unspecified atom stereocenters. The van der Waals surface area contributed by atoms with Crippen molar-refractivity contribution in [3.63, 3.8) is 0 Å². The number of aliphatic carboxylic acids is 1. The maximum absolute atomic E-state index is 11.5. The highest BCUT2D eigenvalue weighted by Gasteiger charge is 2.17. The fourth-order valence-electron chi connectivity index (χ4n) is 1.94. The maximum Gasteiger partial charge on any atom is 0.407 e. The molecule has 0 heterocycles. The van der Waals surface area contributed by atoms with Crippen molar-refractivity contribution in [3.05, 3.63) is 35.9 Å². The van der Waals surface area contributed by atoms with E-state index < -0.39 is 18.1 Å². The Balaban J connectivity index is 2.12. The largest absolute Gasteiger partial charge is 0.480 e. The molecule has 1 aromatic carbocycles. The fourth-order valence-corrected chi connectivity index (χ4v) is 1.94. The maximum atomic E-state index is 11.5. The molecule has 1 rings (SSSR count). The number of carboxylic acid groups (broad SMARTS) is 1. The summed E-state index contributed by atoms with van der Waals surface area (Å²) in [5.41, 5.74) is 0.905. The van der Waals surface area contributed by atoms with Crippen molar-refractivity contribution in [2.24, 2.45) is 0 Å². The normalized spacial score (nSPS) is 11.3. The molecule has 3 N–H and O–H groups in total. The van der Waals surface area contributed by atoms with E-state index in [2.05, 4.69) is 10.6 Å². The van der Waals surface area contributed by atoms with Crippen molar-refractivity contribution in [2.75, 3.05) is 6.54 Å².